The molecule has 0 spiro atoms. The smallest absolute Gasteiger partial charge is 0.411 e. The van der Waals surface area contributed by atoms with Gasteiger partial charge in [-0.3, -0.25) is 0 Å². The van der Waals surface area contributed by atoms with E-state index in [9.17, 15) is 9.13 Å². The van der Waals surface area contributed by atoms with Crippen LogP contribution in [0.15, 0.2) is 132 Å². The maximum absolute atomic E-state index is 14.8. The van der Waals surface area contributed by atoms with Crippen LogP contribution in [0.25, 0.3) is 11.1 Å². The molecule has 10 heteroatoms. The van der Waals surface area contributed by atoms with E-state index in [1.54, 1.807) is 12.1 Å². The van der Waals surface area contributed by atoms with Crippen LogP contribution in [0.2, 0.25) is 0 Å². The van der Waals surface area contributed by atoms with Crippen molar-refractivity contribution < 1.29 is 31.7 Å². The fraction of sp³-hybridized carbons (Fsp3) is 0.217. The highest BCUT2D eigenvalue weighted by atomic mass is 32.7. The molecule has 1 aliphatic rings. The first-order valence-corrected chi connectivity index (χ1v) is 22.8. The van der Waals surface area contributed by atoms with Crippen LogP contribution >= 0.6 is 26.0 Å². The van der Waals surface area contributed by atoms with Crippen LogP contribution < -0.4 is 18.1 Å². The predicted octanol–water partition coefficient (Wildman–Crippen LogP) is 14.0. The van der Waals surface area contributed by atoms with Crippen LogP contribution in [-0.2, 0) is 13.7 Å². The molecule has 2 atom stereocenters. The molecule has 0 bridgehead atoms. The van der Waals surface area contributed by atoms with Crippen LogP contribution in [0.5, 0.6) is 23.0 Å². The van der Waals surface area contributed by atoms with Crippen molar-refractivity contribution in [2.75, 3.05) is 0 Å². The van der Waals surface area contributed by atoms with Gasteiger partial charge in [-0.05, 0) is 130 Å². The highest BCUT2D eigenvalue weighted by molar-refractivity contribution is 8.55. The van der Waals surface area contributed by atoms with E-state index in [-0.39, 0.29) is 5.92 Å². The number of phosphoric ester groups is 1. The van der Waals surface area contributed by atoms with Gasteiger partial charge < -0.3 is 22.6 Å². The number of phosphoric acid groups is 1. The Kier molecular flexibility index (Phi) is 12.6. The van der Waals surface area contributed by atoms with E-state index in [1.807, 2.05) is 159 Å². The lowest BCUT2D eigenvalue weighted by Crippen LogP contribution is -2.10. The summed E-state index contributed by atoms with van der Waals surface area (Å²) in [6.45, 7) is 11.4. The maximum atomic E-state index is 14.8. The van der Waals surface area contributed by atoms with Crippen molar-refractivity contribution in [3.63, 3.8) is 0 Å². The number of rotatable bonds is 13. The second-order valence-corrected chi connectivity index (χ2v) is 19.1. The van der Waals surface area contributed by atoms with E-state index < -0.39 is 14.6 Å². The van der Waals surface area contributed by atoms with Crippen molar-refractivity contribution in [1.82, 2.24) is 0 Å². The van der Waals surface area contributed by atoms with Gasteiger partial charge in [0, 0.05) is 22.7 Å². The Morgan fingerprint density at radius 1 is 0.571 bits per heavy atom. The molecule has 1 aliphatic carbocycles. The summed E-state index contributed by atoms with van der Waals surface area (Å²) in [5.74, 6) is 8.33. The number of allylic oxidation sites excluding steroid dienone is 4. The topological polar surface area (TPSA) is 80.3 Å². The minimum Gasteiger partial charge on any atom is -0.411 e. The molecule has 56 heavy (non-hydrogen) atoms. The average Bonchev–Trinajstić information content (AvgIpc) is 3.15. The Hall–Kier alpha value is -5.05. The van der Waals surface area contributed by atoms with E-state index in [4.69, 9.17) is 22.6 Å². The third-order valence-electron chi connectivity index (χ3n) is 9.21. The molecule has 0 aliphatic heterocycles. The monoisotopic (exact) mass is 804 g/mol. The predicted molar refractivity (Wildman–Crippen MR) is 228 cm³/mol. The summed E-state index contributed by atoms with van der Waals surface area (Å²) in [5.41, 5.74) is 7.60. The molecule has 0 radical (unpaired) electrons. The number of aryl methyl sites for hydroxylation is 6. The lowest BCUT2D eigenvalue weighted by Gasteiger charge is -2.25. The third-order valence-corrected chi connectivity index (χ3v) is 13.7. The van der Waals surface area contributed by atoms with Crippen molar-refractivity contribution in [2.24, 2.45) is 5.92 Å². The van der Waals surface area contributed by atoms with Gasteiger partial charge in [0.1, 0.15) is 28.8 Å². The zero-order chi connectivity index (χ0) is 40.0. The van der Waals surface area contributed by atoms with E-state index in [0.29, 0.717) is 40.1 Å². The Morgan fingerprint density at radius 3 is 1.50 bits per heavy atom. The highest BCUT2D eigenvalue weighted by Crippen LogP contribution is 2.65. The van der Waals surface area contributed by atoms with E-state index in [0.717, 1.165) is 61.5 Å². The van der Waals surface area contributed by atoms with Crippen molar-refractivity contribution in [2.45, 2.75) is 66.7 Å². The summed E-state index contributed by atoms with van der Waals surface area (Å²) < 4.78 is 60.3. The number of hydrogen-bond donors (Lipinski definition) is 0. The summed E-state index contributed by atoms with van der Waals surface area (Å²) in [7, 11) is -4.23. The molecule has 0 saturated heterocycles. The zero-order valence-corrected chi connectivity index (χ0v) is 35.5. The van der Waals surface area contributed by atoms with Crippen molar-refractivity contribution in [3.8, 4) is 46.0 Å². The first kappa shape index (κ1) is 40.6. The molecular weight excluding hydrogens is 759 g/mol. The van der Waals surface area contributed by atoms with Crippen molar-refractivity contribution in [1.29, 1.82) is 0 Å². The molecule has 0 aromatic heterocycles. The van der Waals surface area contributed by atoms with Gasteiger partial charge in [-0.1, -0.05) is 103 Å². The lowest BCUT2D eigenvalue weighted by molar-refractivity contribution is 0.295. The second-order valence-electron chi connectivity index (χ2n) is 13.9. The Labute approximate surface area is 335 Å². The molecule has 288 valence electrons. The standard InChI is InChI=1S/C46H46O7P2S/c1-31-15-10-9-11-16-32(2)45(31)52-55(48,53-46-37(7)21-14-22-38(46)8)56-42-29-25-40(26-30-42)39-23-27-41(28-24-39)49-54(47,50-43-33(3)17-12-18-34(43)4)51-44-35(5)19-13-20-36(44)6/h10,12-15,17-30,32H,9H2,1-8H3. The van der Waals surface area contributed by atoms with Gasteiger partial charge in [0.2, 0.25) is 0 Å². The largest absolute Gasteiger partial charge is 0.647 e. The molecule has 0 saturated carbocycles. The minimum absolute atomic E-state index is 0.269. The van der Waals surface area contributed by atoms with Crippen LogP contribution in [0.4, 0.5) is 0 Å². The van der Waals surface area contributed by atoms with E-state index in [1.165, 1.54) is 0 Å². The van der Waals surface area contributed by atoms with Crippen molar-refractivity contribution in [3.05, 3.63) is 160 Å². The number of hydrogen-bond acceptors (Lipinski definition) is 8. The second kappa shape index (κ2) is 17.4. The average molecular weight is 805 g/mol. The summed E-state index contributed by atoms with van der Waals surface area (Å²) in [6.07, 6.45) is 4.57. The van der Waals surface area contributed by atoms with Gasteiger partial charge in [-0.15, -0.1) is 0 Å². The summed E-state index contributed by atoms with van der Waals surface area (Å²) in [5, 5.41) is 0. The lowest BCUT2D eigenvalue weighted by atomic mass is 10.0. The third kappa shape index (κ3) is 9.84. The van der Waals surface area contributed by atoms with Gasteiger partial charge in [-0.2, -0.15) is 4.57 Å². The van der Waals surface area contributed by atoms with Gasteiger partial charge in [0.25, 0.3) is 0 Å². The minimum atomic E-state index is -4.23. The highest BCUT2D eigenvalue weighted by Gasteiger charge is 2.36. The first-order chi connectivity index (χ1) is 26.7. The van der Waals surface area contributed by atoms with E-state index in [2.05, 4.69) is 11.8 Å². The van der Waals surface area contributed by atoms with Crippen LogP contribution in [-0.4, -0.2) is 0 Å². The Balaban J connectivity index is 1.25. The SMILES string of the molecule is CC1=C(OP(=O)(Oc2c(C)cccc2C)Sc2ccc(-c3ccc(OP(=O)(Oc4c(C)cccc4C)Oc4c(C)cccc4C)cc3)cc2)C(C)C#CCC=C1. The summed E-state index contributed by atoms with van der Waals surface area (Å²) >= 11 is 1.06. The summed E-state index contributed by atoms with van der Waals surface area (Å²) in [6, 6.07) is 32.1. The molecule has 0 heterocycles. The van der Waals surface area contributed by atoms with Crippen LogP contribution in [0.1, 0.15) is 53.6 Å². The van der Waals surface area contributed by atoms with Gasteiger partial charge >= 0.3 is 14.6 Å². The van der Waals surface area contributed by atoms with Crippen molar-refractivity contribution >= 4 is 26.0 Å². The fourth-order valence-electron chi connectivity index (χ4n) is 6.22. The molecule has 0 N–H and O–H groups in total. The molecular formula is C46H46O7P2S. The fourth-order valence-corrected chi connectivity index (χ4v) is 11.2. The molecule has 6 rings (SSSR count). The van der Waals surface area contributed by atoms with Crippen LogP contribution in [0, 0.1) is 59.3 Å². The molecule has 0 amide bonds. The Morgan fingerprint density at radius 2 is 1.02 bits per heavy atom. The van der Waals surface area contributed by atoms with E-state index >= 15 is 0 Å². The normalized spacial score (nSPS) is 15.1. The zero-order valence-electron chi connectivity index (χ0n) is 32.9. The molecule has 0 fully saturated rings. The van der Waals surface area contributed by atoms with Gasteiger partial charge in [0.05, 0.1) is 5.92 Å². The molecule has 5 aromatic carbocycles. The van der Waals surface area contributed by atoms with Gasteiger partial charge in [0.15, 0.2) is 0 Å². The molecule has 5 aromatic rings. The molecule has 7 nitrogen and oxygen atoms in total. The maximum Gasteiger partial charge on any atom is 0.647 e. The Bertz CT molecular complexity index is 2340. The van der Waals surface area contributed by atoms with Gasteiger partial charge in [-0.25, -0.2) is 4.57 Å². The summed E-state index contributed by atoms with van der Waals surface area (Å²) in [4.78, 5) is 0.704. The number of benzene rings is 5. The first-order valence-electron chi connectivity index (χ1n) is 18.3. The number of para-hydroxylation sites is 3. The quantitative estimate of drug-likeness (QED) is 0.0860. The molecule has 2 unspecified atom stereocenters. The van der Waals surface area contributed by atoms with Crippen LogP contribution in [0.3, 0.4) is 0 Å².